The summed E-state index contributed by atoms with van der Waals surface area (Å²) in [5, 5.41) is 12.8. The number of pyridine rings is 1. The van der Waals surface area contributed by atoms with Crippen LogP contribution in [0.15, 0.2) is 36.5 Å². The number of methoxy groups -OCH3 is 1. The second-order valence-electron chi connectivity index (χ2n) is 8.19. The number of carbonyl (C=O) groups is 1. The molecule has 0 aliphatic rings. The number of amides is 1. The van der Waals surface area contributed by atoms with E-state index in [-0.39, 0.29) is 11.9 Å². The van der Waals surface area contributed by atoms with Crippen LogP contribution in [0.25, 0.3) is 22.3 Å². The first-order chi connectivity index (χ1) is 15.3. The third kappa shape index (κ3) is 4.08. The zero-order chi connectivity index (χ0) is 23.0. The Morgan fingerprint density at radius 3 is 2.62 bits per heavy atom. The van der Waals surface area contributed by atoms with E-state index in [4.69, 9.17) is 9.72 Å². The van der Waals surface area contributed by atoms with Crippen molar-refractivity contribution in [3.8, 4) is 17.0 Å². The molecule has 0 fully saturated rings. The molecule has 0 aliphatic carbocycles. The molecule has 0 spiro atoms. The minimum absolute atomic E-state index is 0.0640. The summed E-state index contributed by atoms with van der Waals surface area (Å²) in [5.74, 6) is 0.587. The van der Waals surface area contributed by atoms with Crippen LogP contribution in [0.2, 0.25) is 0 Å². The Morgan fingerprint density at radius 2 is 1.94 bits per heavy atom. The van der Waals surface area contributed by atoms with Gasteiger partial charge in [0, 0.05) is 31.9 Å². The van der Waals surface area contributed by atoms with Gasteiger partial charge in [0.2, 0.25) is 0 Å². The zero-order valence-corrected chi connectivity index (χ0v) is 19.3. The number of rotatable bonds is 6. The van der Waals surface area contributed by atoms with Gasteiger partial charge in [-0.25, -0.2) is 4.98 Å². The quantitative estimate of drug-likeness (QED) is 0.505. The van der Waals surface area contributed by atoms with Gasteiger partial charge < -0.3 is 10.1 Å². The summed E-state index contributed by atoms with van der Waals surface area (Å²) in [7, 11) is 5.37. The van der Waals surface area contributed by atoms with E-state index in [1.54, 1.807) is 16.5 Å². The van der Waals surface area contributed by atoms with Crippen molar-refractivity contribution in [3.63, 3.8) is 0 Å². The molecule has 166 valence electrons. The topological polar surface area (TPSA) is 86.9 Å². The zero-order valence-electron chi connectivity index (χ0n) is 19.3. The molecule has 8 nitrogen and oxygen atoms in total. The number of fused-ring (bicyclic) bond motifs is 1. The number of benzene rings is 1. The van der Waals surface area contributed by atoms with Crippen LogP contribution in [0.5, 0.6) is 5.75 Å². The van der Waals surface area contributed by atoms with Gasteiger partial charge in [-0.1, -0.05) is 12.1 Å². The first kappa shape index (κ1) is 21.5. The summed E-state index contributed by atoms with van der Waals surface area (Å²) in [6.07, 6.45) is 2.70. The van der Waals surface area contributed by atoms with Crippen molar-refractivity contribution in [1.29, 1.82) is 0 Å². The van der Waals surface area contributed by atoms with Gasteiger partial charge in [-0.15, -0.1) is 0 Å². The fourth-order valence-electron chi connectivity index (χ4n) is 4.09. The van der Waals surface area contributed by atoms with Gasteiger partial charge in [0.1, 0.15) is 5.75 Å². The van der Waals surface area contributed by atoms with Gasteiger partial charge in [0.15, 0.2) is 5.65 Å². The average Bonchev–Trinajstić information content (AvgIpc) is 3.23. The summed E-state index contributed by atoms with van der Waals surface area (Å²) in [5.41, 5.74) is 5.67. The molecule has 32 heavy (non-hydrogen) atoms. The average molecular weight is 433 g/mol. The maximum Gasteiger partial charge on any atom is 0.252 e. The molecule has 1 aromatic carbocycles. The summed E-state index contributed by atoms with van der Waals surface area (Å²) in [6, 6.07) is 9.43. The lowest BCUT2D eigenvalue weighted by molar-refractivity contribution is 0.0941. The number of carbonyl (C=O) groups excluding carboxylic acids is 1. The molecule has 0 unspecified atom stereocenters. The lowest BCUT2D eigenvalue weighted by atomic mass is 10.0. The van der Waals surface area contributed by atoms with Crippen LogP contribution in [0.4, 0.5) is 0 Å². The molecule has 0 bridgehead atoms. The van der Waals surface area contributed by atoms with E-state index in [2.05, 4.69) is 15.5 Å². The first-order valence-corrected chi connectivity index (χ1v) is 10.6. The fourth-order valence-corrected chi connectivity index (χ4v) is 4.09. The highest BCUT2D eigenvalue weighted by Crippen LogP contribution is 2.28. The van der Waals surface area contributed by atoms with E-state index in [0.717, 1.165) is 33.7 Å². The van der Waals surface area contributed by atoms with Crippen molar-refractivity contribution in [2.45, 2.75) is 33.2 Å². The molecular formula is C24H28N6O2. The Balaban J connectivity index is 1.71. The van der Waals surface area contributed by atoms with E-state index in [9.17, 15) is 4.79 Å². The van der Waals surface area contributed by atoms with Gasteiger partial charge in [-0.2, -0.15) is 10.2 Å². The van der Waals surface area contributed by atoms with E-state index in [1.165, 1.54) is 0 Å². The molecule has 1 amide bonds. The summed E-state index contributed by atoms with van der Waals surface area (Å²) in [6.45, 7) is 5.88. The predicted molar refractivity (Wildman–Crippen MR) is 124 cm³/mol. The highest BCUT2D eigenvalue weighted by Gasteiger charge is 2.21. The SMILES string of the molecule is COc1cccc(-c2cc(C(=O)N[C@H](C)Cc3cn(C)nc3C)c3c(C)nn(C)c3n2)c1. The van der Waals surface area contributed by atoms with E-state index in [0.29, 0.717) is 23.3 Å². The second-order valence-corrected chi connectivity index (χ2v) is 8.19. The first-order valence-electron chi connectivity index (χ1n) is 10.6. The van der Waals surface area contributed by atoms with Gasteiger partial charge >= 0.3 is 0 Å². The molecule has 3 aromatic heterocycles. The van der Waals surface area contributed by atoms with E-state index >= 15 is 0 Å². The third-order valence-electron chi connectivity index (χ3n) is 5.60. The van der Waals surface area contributed by atoms with Crippen molar-refractivity contribution in [2.75, 3.05) is 7.11 Å². The molecule has 1 N–H and O–H groups in total. The van der Waals surface area contributed by atoms with Crippen molar-refractivity contribution >= 4 is 16.9 Å². The molecule has 0 radical (unpaired) electrons. The Labute approximate surface area is 187 Å². The van der Waals surface area contributed by atoms with Crippen LogP contribution in [0, 0.1) is 13.8 Å². The van der Waals surface area contributed by atoms with Crippen molar-refractivity contribution in [1.82, 2.24) is 29.9 Å². The summed E-state index contributed by atoms with van der Waals surface area (Å²) < 4.78 is 8.87. The van der Waals surface area contributed by atoms with Crippen LogP contribution >= 0.6 is 0 Å². The van der Waals surface area contributed by atoms with Crippen LogP contribution in [0.3, 0.4) is 0 Å². The summed E-state index contributed by atoms with van der Waals surface area (Å²) in [4.78, 5) is 18.2. The second kappa shape index (κ2) is 8.45. The smallest absolute Gasteiger partial charge is 0.252 e. The van der Waals surface area contributed by atoms with Crippen LogP contribution in [-0.2, 0) is 20.5 Å². The highest BCUT2D eigenvalue weighted by atomic mass is 16.5. The number of nitrogens with zero attached hydrogens (tertiary/aromatic N) is 5. The van der Waals surface area contributed by atoms with Gasteiger partial charge in [0.25, 0.3) is 5.91 Å². The Bertz CT molecular complexity index is 1300. The lowest BCUT2D eigenvalue weighted by Gasteiger charge is -2.15. The number of ether oxygens (including phenoxy) is 1. The number of hydrogen-bond acceptors (Lipinski definition) is 5. The fraction of sp³-hybridized carbons (Fsp3) is 0.333. The minimum atomic E-state index is -0.147. The molecule has 0 aliphatic heterocycles. The monoisotopic (exact) mass is 432 g/mol. The molecule has 8 heteroatoms. The standard InChI is InChI=1S/C24H28N6O2/c1-14(10-18-13-29(4)27-15(18)2)25-24(31)20-12-21(17-8-7-9-19(11-17)32-6)26-23-22(20)16(3)28-30(23)5/h7-9,11-14H,10H2,1-6H3,(H,25,31)/t14-/m1/s1. The van der Waals surface area contributed by atoms with Gasteiger partial charge in [-0.05, 0) is 51.0 Å². The van der Waals surface area contributed by atoms with Crippen LogP contribution < -0.4 is 10.1 Å². The Morgan fingerprint density at radius 1 is 1.16 bits per heavy atom. The number of nitrogens with one attached hydrogen (secondary N) is 1. The molecule has 0 saturated heterocycles. The Kier molecular flexibility index (Phi) is 5.69. The summed E-state index contributed by atoms with van der Waals surface area (Å²) >= 11 is 0. The van der Waals surface area contributed by atoms with Crippen molar-refractivity contribution < 1.29 is 9.53 Å². The maximum atomic E-state index is 13.4. The largest absolute Gasteiger partial charge is 0.497 e. The molecule has 0 saturated carbocycles. The highest BCUT2D eigenvalue weighted by molar-refractivity contribution is 6.07. The maximum absolute atomic E-state index is 13.4. The van der Waals surface area contributed by atoms with Gasteiger partial charge in [0.05, 0.1) is 35.1 Å². The predicted octanol–water partition coefficient (Wildman–Crippen LogP) is 3.36. The lowest BCUT2D eigenvalue weighted by Crippen LogP contribution is -2.34. The van der Waals surface area contributed by atoms with Gasteiger partial charge in [-0.3, -0.25) is 14.2 Å². The van der Waals surface area contributed by atoms with E-state index in [1.807, 2.05) is 71.4 Å². The minimum Gasteiger partial charge on any atom is -0.497 e. The number of hydrogen-bond donors (Lipinski definition) is 1. The van der Waals surface area contributed by atoms with Crippen molar-refractivity contribution in [3.05, 3.63) is 59.0 Å². The third-order valence-corrected chi connectivity index (χ3v) is 5.60. The molecular weight excluding hydrogens is 404 g/mol. The molecule has 1 atom stereocenters. The van der Waals surface area contributed by atoms with Crippen LogP contribution in [0.1, 0.15) is 34.2 Å². The molecule has 4 aromatic rings. The molecule has 4 rings (SSSR count). The number of aryl methyl sites for hydroxylation is 4. The van der Waals surface area contributed by atoms with Crippen LogP contribution in [-0.4, -0.2) is 43.6 Å². The van der Waals surface area contributed by atoms with Crippen molar-refractivity contribution in [2.24, 2.45) is 14.1 Å². The normalized spacial score (nSPS) is 12.2. The molecule has 3 heterocycles. The van der Waals surface area contributed by atoms with E-state index < -0.39 is 0 Å². The number of aromatic nitrogens is 5. The Hall–Kier alpha value is -3.68.